The number of hydrogen-bond donors (Lipinski definition) is 1. The van der Waals surface area contributed by atoms with Crippen LogP contribution in [0.25, 0.3) is 0 Å². The number of ether oxygens (including phenoxy) is 2. The predicted molar refractivity (Wildman–Crippen MR) is 118 cm³/mol. The van der Waals surface area contributed by atoms with E-state index in [-0.39, 0.29) is 12.7 Å². The van der Waals surface area contributed by atoms with E-state index >= 15 is 0 Å². The van der Waals surface area contributed by atoms with Crippen molar-refractivity contribution in [3.05, 3.63) is 88.0 Å². The normalized spacial score (nSPS) is 16.3. The zero-order valence-corrected chi connectivity index (χ0v) is 18.6. The molecule has 31 heavy (non-hydrogen) atoms. The van der Waals surface area contributed by atoms with Gasteiger partial charge in [-0.1, -0.05) is 35.9 Å². The Labute approximate surface area is 183 Å². The molecule has 1 N–H and O–H groups in total. The first-order valence-electron chi connectivity index (χ1n) is 10.3. The van der Waals surface area contributed by atoms with Gasteiger partial charge in [0.25, 0.3) is 0 Å². The highest BCUT2D eigenvalue weighted by Crippen LogP contribution is 2.39. The van der Waals surface area contributed by atoms with Crippen LogP contribution in [-0.4, -0.2) is 23.0 Å². The largest absolute Gasteiger partial charge is 0.460 e. The molecule has 1 aromatic carbocycles. The molecule has 0 saturated heterocycles. The number of nitrogens with zero attached hydrogens (tertiary/aromatic N) is 1. The molecule has 6 nitrogen and oxygen atoms in total. The summed E-state index contributed by atoms with van der Waals surface area (Å²) < 4.78 is 11.1. The van der Waals surface area contributed by atoms with Crippen LogP contribution in [0.1, 0.15) is 50.3 Å². The first-order valence-corrected chi connectivity index (χ1v) is 10.3. The number of dihydropyridines is 1. The smallest absolute Gasteiger partial charge is 0.337 e. The number of pyridine rings is 1. The van der Waals surface area contributed by atoms with Gasteiger partial charge in [-0.05, 0) is 51.8 Å². The van der Waals surface area contributed by atoms with Gasteiger partial charge in [0.1, 0.15) is 6.61 Å². The maximum Gasteiger partial charge on any atom is 0.337 e. The van der Waals surface area contributed by atoms with E-state index < -0.39 is 17.9 Å². The molecule has 0 fully saturated rings. The number of aryl methyl sites for hydroxylation is 1. The third-order valence-corrected chi connectivity index (χ3v) is 5.05. The third kappa shape index (κ3) is 5.20. The number of hydrogen-bond acceptors (Lipinski definition) is 6. The molecule has 1 aromatic heterocycles. The average Bonchev–Trinajstić information content (AvgIpc) is 2.72. The topological polar surface area (TPSA) is 77.5 Å². The van der Waals surface area contributed by atoms with Gasteiger partial charge in [-0.3, -0.25) is 4.98 Å². The van der Waals surface area contributed by atoms with Gasteiger partial charge in [0, 0.05) is 23.8 Å². The number of rotatable bonds is 6. The fourth-order valence-electron chi connectivity index (χ4n) is 3.60. The molecule has 0 radical (unpaired) electrons. The lowest BCUT2D eigenvalue weighted by atomic mass is 9.81. The number of carbonyl (C=O) groups is 2. The number of esters is 2. The van der Waals surface area contributed by atoms with Crippen LogP contribution >= 0.6 is 0 Å². The highest BCUT2D eigenvalue weighted by molar-refractivity contribution is 5.99. The minimum atomic E-state index is -0.633. The summed E-state index contributed by atoms with van der Waals surface area (Å²) in [4.78, 5) is 30.4. The van der Waals surface area contributed by atoms with Crippen molar-refractivity contribution in [1.82, 2.24) is 10.3 Å². The number of allylic oxidation sites excluding steroid dienone is 2. The Kier molecular flexibility index (Phi) is 6.90. The Morgan fingerprint density at radius 2 is 1.65 bits per heavy atom. The van der Waals surface area contributed by atoms with Gasteiger partial charge in [0.05, 0.1) is 23.2 Å². The molecule has 1 aliphatic heterocycles. The van der Waals surface area contributed by atoms with Gasteiger partial charge >= 0.3 is 11.9 Å². The molecular weight excluding hydrogens is 392 g/mol. The molecular formula is C25H28N2O4. The molecule has 1 aliphatic rings. The first kappa shape index (κ1) is 22.3. The summed E-state index contributed by atoms with van der Waals surface area (Å²) in [6, 6.07) is 11.4. The third-order valence-electron chi connectivity index (χ3n) is 5.05. The van der Waals surface area contributed by atoms with Gasteiger partial charge < -0.3 is 14.8 Å². The number of nitrogens with one attached hydrogen (secondary N) is 1. The monoisotopic (exact) mass is 420 g/mol. The molecule has 6 heteroatoms. The van der Waals surface area contributed by atoms with Crippen molar-refractivity contribution >= 4 is 11.9 Å². The van der Waals surface area contributed by atoms with Crippen molar-refractivity contribution in [3.8, 4) is 0 Å². The summed E-state index contributed by atoms with van der Waals surface area (Å²) in [5.74, 6) is -1.58. The van der Waals surface area contributed by atoms with Gasteiger partial charge in [-0.2, -0.15) is 0 Å². The second kappa shape index (κ2) is 9.60. The molecule has 1 atom stereocenters. The van der Waals surface area contributed by atoms with E-state index in [1.165, 1.54) is 0 Å². The molecule has 2 heterocycles. The van der Waals surface area contributed by atoms with Crippen LogP contribution in [-0.2, 0) is 25.7 Å². The van der Waals surface area contributed by atoms with Crippen molar-refractivity contribution in [2.75, 3.05) is 0 Å². The molecule has 3 rings (SSSR count). The van der Waals surface area contributed by atoms with Crippen molar-refractivity contribution in [3.63, 3.8) is 0 Å². The lowest BCUT2D eigenvalue weighted by Gasteiger charge is -2.30. The minimum absolute atomic E-state index is 0.143. The fraction of sp³-hybridized carbons (Fsp3) is 0.320. The average molecular weight is 421 g/mol. The molecule has 0 spiro atoms. The zero-order valence-electron chi connectivity index (χ0n) is 18.6. The summed E-state index contributed by atoms with van der Waals surface area (Å²) in [6.07, 6.45) is 3.03. The lowest BCUT2D eigenvalue weighted by molar-refractivity contribution is -0.143. The van der Waals surface area contributed by atoms with Crippen LogP contribution in [0.4, 0.5) is 0 Å². The van der Waals surface area contributed by atoms with Crippen LogP contribution < -0.4 is 5.32 Å². The van der Waals surface area contributed by atoms with Crippen molar-refractivity contribution in [2.24, 2.45) is 0 Å². The van der Waals surface area contributed by atoms with Crippen molar-refractivity contribution in [2.45, 2.75) is 53.2 Å². The minimum Gasteiger partial charge on any atom is -0.460 e. The van der Waals surface area contributed by atoms with Gasteiger partial charge in [0.2, 0.25) is 0 Å². The Bertz CT molecular complexity index is 1020. The lowest BCUT2D eigenvalue weighted by Crippen LogP contribution is -2.33. The molecule has 0 saturated carbocycles. The Morgan fingerprint density at radius 3 is 2.23 bits per heavy atom. The van der Waals surface area contributed by atoms with Crippen LogP contribution in [0.3, 0.4) is 0 Å². The van der Waals surface area contributed by atoms with E-state index in [2.05, 4.69) is 10.3 Å². The molecule has 2 aromatic rings. The second-order valence-corrected chi connectivity index (χ2v) is 7.94. The molecule has 0 amide bonds. The Balaban J connectivity index is 1.96. The predicted octanol–water partition coefficient (Wildman–Crippen LogP) is 4.32. The van der Waals surface area contributed by atoms with Gasteiger partial charge in [0.15, 0.2) is 0 Å². The molecule has 0 bridgehead atoms. The van der Waals surface area contributed by atoms with Crippen LogP contribution in [0.5, 0.6) is 0 Å². The summed E-state index contributed by atoms with van der Waals surface area (Å²) in [5.41, 5.74) is 4.80. The fourth-order valence-corrected chi connectivity index (χ4v) is 3.60. The van der Waals surface area contributed by atoms with E-state index in [9.17, 15) is 9.59 Å². The first-order chi connectivity index (χ1) is 14.8. The van der Waals surface area contributed by atoms with Gasteiger partial charge in [-0.15, -0.1) is 0 Å². The maximum absolute atomic E-state index is 13.2. The van der Waals surface area contributed by atoms with E-state index in [4.69, 9.17) is 9.47 Å². The highest BCUT2D eigenvalue weighted by Gasteiger charge is 2.38. The number of carbonyl (C=O) groups excluding carboxylic acids is 2. The SMILES string of the molecule is CC1=C(C(=O)OCc2ccc(C)cc2)C(c2cccnc2)C(C(=O)OC(C)C)=C(C)N1. The summed E-state index contributed by atoms with van der Waals surface area (Å²) in [7, 11) is 0. The molecule has 1 unspecified atom stereocenters. The number of benzene rings is 1. The van der Waals surface area contributed by atoms with Crippen molar-refractivity contribution in [1.29, 1.82) is 0 Å². The van der Waals surface area contributed by atoms with E-state index in [1.54, 1.807) is 46.2 Å². The maximum atomic E-state index is 13.2. The van der Waals surface area contributed by atoms with E-state index in [0.717, 1.165) is 16.7 Å². The number of aromatic nitrogens is 1. The summed E-state index contributed by atoms with van der Waals surface area (Å²) in [6.45, 7) is 9.34. The quantitative estimate of drug-likeness (QED) is 0.702. The summed E-state index contributed by atoms with van der Waals surface area (Å²) >= 11 is 0. The van der Waals surface area contributed by atoms with E-state index in [0.29, 0.717) is 22.5 Å². The second-order valence-electron chi connectivity index (χ2n) is 7.94. The summed E-state index contributed by atoms with van der Waals surface area (Å²) in [5, 5.41) is 3.16. The Morgan fingerprint density at radius 1 is 1.00 bits per heavy atom. The van der Waals surface area contributed by atoms with Crippen LogP contribution in [0.2, 0.25) is 0 Å². The van der Waals surface area contributed by atoms with Crippen LogP contribution in [0.15, 0.2) is 71.3 Å². The molecule has 0 aliphatic carbocycles. The standard InChI is InChI=1S/C25H28N2O4/c1-15(2)31-25(29)22-18(5)27-17(4)21(23(22)20-7-6-12-26-13-20)24(28)30-14-19-10-8-16(3)9-11-19/h6-13,15,23,27H,14H2,1-5H3. The van der Waals surface area contributed by atoms with Gasteiger partial charge in [-0.25, -0.2) is 9.59 Å². The highest BCUT2D eigenvalue weighted by atomic mass is 16.5. The zero-order chi connectivity index (χ0) is 22.5. The molecule has 162 valence electrons. The van der Waals surface area contributed by atoms with Crippen molar-refractivity contribution < 1.29 is 19.1 Å². The van der Waals surface area contributed by atoms with E-state index in [1.807, 2.05) is 37.3 Å². The van der Waals surface area contributed by atoms with Crippen LogP contribution in [0, 0.1) is 6.92 Å². The Hall–Kier alpha value is -3.41.